The molecule has 3 atom stereocenters. The second kappa shape index (κ2) is 37.6. The summed E-state index contributed by atoms with van der Waals surface area (Å²) in [5, 5.41) is 32.9. The fourth-order valence-corrected chi connectivity index (χ4v) is 6.26. The third-order valence-corrected chi connectivity index (χ3v) is 9.54. The molecule has 0 heterocycles. The van der Waals surface area contributed by atoms with Crippen LogP contribution < -0.4 is 5.32 Å². The van der Waals surface area contributed by atoms with Gasteiger partial charge in [0.15, 0.2) is 0 Å². The summed E-state index contributed by atoms with van der Waals surface area (Å²) in [4.78, 5) is 12.4. The second-order valence-electron chi connectivity index (χ2n) is 14.2. The molecule has 4 N–H and O–H groups in total. The van der Waals surface area contributed by atoms with Crippen molar-refractivity contribution < 1.29 is 20.1 Å². The molecule has 1 amide bonds. The van der Waals surface area contributed by atoms with E-state index in [9.17, 15) is 20.1 Å². The first-order valence-corrected chi connectivity index (χ1v) is 20.7. The Bertz CT molecular complexity index is 694. The van der Waals surface area contributed by atoms with Crippen molar-refractivity contribution in [2.24, 2.45) is 0 Å². The molecule has 0 aliphatic carbocycles. The number of hydrogen-bond acceptors (Lipinski definition) is 4. The Morgan fingerprint density at radius 2 is 0.872 bits per heavy atom. The van der Waals surface area contributed by atoms with Crippen LogP contribution in [0.2, 0.25) is 0 Å². The zero-order valence-corrected chi connectivity index (χ0v) is 31.4. The molecule has 0 aliphatic heterocycles. The van der Waals surface area contributed by atoms with Gasteiger partial charge in [-0.1, -0.05) is 205 Å². The number of carbonyl (C=O) groups is 1. The van der Waals surface area contributed by atoms with Gasteiger partial charge in [0.05, 0.1) is 18.8 Å². The molecule has 0 aromatic carbocycles. The summed E-state index contributed by atoms with van der Waals surface area (Å²) in [5.74, 6) is -0.512. The van der Waals surface area contributed by atoms with E-state index in [0.717, 1.165) is 38.5 Å². The Labute approximate surface area is 292 Å². The standard InChI is InChI=1S/C42H81NO4/c1-3-5-7-9-11-13-15-16-17-18-19-20-21-22-23-24-25-27-29-31-33-35-37-41(46)42(47)43-39(38-44)40(45)36-34-32-30-28-26-14-12-10-8-6-4-2/h26,28,34,36,39-41,44-46H,3-25,27,29-33,35,37-38H2,1-2H3,(H,43,47)/b28-26+,36-34+. The molecule has 0 aromatic rings. The van der Waals surface area contributed by atoms with Crippen molar-refractivity contribution in [2.75, 3.05) is 6.61 Å². The number of allylic oxidation sites excluding steroid dienone is 3. The van der Waals surface area contributed by atoms with Crippen LogP contribution in [0.15, 0.2) is 24.3 Å². The maximum absolute atomic E-state index is 12.4. The van der Waals surface area contributed by atoms with Crippen molar-refractivity contribution in [3.8, 4) is 0 Å². The molecule has 0 spiro atoms. The molecule has 5 nitrogen and oxygen atoms in total. The van der Waals surface area contributed by atoms with E-state index >= 15 is 0 Å². The highest BCUT2D eigenvalue weighted by Crippen LogP contribution is 2.16. The van der Waals surface area contributed by atoms with Gasteiger partial charge in [-0.05, 0) is 32.1 Å². The molecule has 3 unspecified atom stereocenters. The Hall–Kier alpha value is -1.17. The molecule has 0 radical (unpaired) electrons. The van der Waals surface area contributed by atoms with Crippen molar-refractivity contribution >= 4 is 5.91 Å². The number of rotatable bonds is 37. The quantitative estimate of drug-likeness (QED) is 0.0393. The van der Waals surface area contributed by atoms with Gasteiger partial charge in [0.25, 0.3) is 0 Å². The van der Waals surface area contributed by atoms with E-state index in [1.54, 1.807) is 6.08 Å². The van der Waals surface area contributed by atoms with Crippen LogP contribution in [0.25, 0.3) is 0 Å². The van der Waals surface area contributed by atoms with E-state index in [-0.39, 0.29) is 6.61 Å². The summed E-state index contributed by atoms with van der Waals surface area (Å²) in [7, 11) is 0. The van der Waals surface area contributed by atoms with Crippen molar-refractivity contribution in [1.29, 1.82) is 0 Å². The van der Waals surface area contributed by atoms with Crippen molar-refractivity contribution in [1.82, 2.24) is 5.32 Å². The van der Waals surface area contributed by atoms with Crippen LogP contribution >= 0.6 is 0 Å². The van der Waals surface area contributed by atoms with Crippen molar-refractivity contribution in [2.45, 2.75) is 231 Å². The van der Waals surface area contributed by atoms with E-state index in [2.05, 4.69) is 31.3 Å². The molecule has 0 aliphatic rings. The number of hydrogen-bond donors (Lipinski definition) is 4. The molecule has 278 valence electrons. The topological polar surface area (TPSA) is 89.8 Å². The number of unbranched alkanes of at least 4 members (excludes halogenated alkanes) is 27. The molecule has 0 saturated carbocycles. The Kier molecular flexibility index (Phi) is 36.7. The highest BCUT2D eigenvalue weighted by Gasteiger charge is 2.22. The summed E-state index contributed by atoms with van der Waals surface area (Å²) in [6, 6.07) is -0.809. The average Bonchev–Trinajstić information content (AvgIpc) is 3.07. The summed E-state index contributed by atoms with van der Waals surface area (Å²) in [5.41, 5.74) is 0. The minimum absolute atomic E-state index is 0.374. The highest BCUT2D eigenvalue weighted by molar-refractivity contribution is 5.80. The van der Waals surface area contributed by atoms with Gasteiger partial charge in [-0.25, -0.2) is 0 Å². The molecule has 0 aromatic heterocycles. The largest absolute Gasteiger partial charge is 0.394 e. The van der Waals surface area contributed by atoms with Crippen molar-refractivity contribution in [3.63, 3.8) is 0 Å². The SMILES string of the molecule is CCCCCCC/C=C/CC/C=C/C(O)C(CO)NC(=O)C(O)CCCCCCCCCCCCCCCCCCCCCCCC. The second-order valence-corrected chi connectivity index (χ2v) is 14.2. The zero-order chi connectivity index (χ0) is 34.5. The van der Waals surface area contributed by atoms with Crippen LogP contribution in [0.5, 0.6) is 0 Å². The minimum Gasteiger partial charge on any atom is -0.394 e. The van der Waals surface area contributed by atoms with Crippen LogP contribution in [0.4, 0.5) is 0 Å². The lowest BCUT2D eigenvalue weighted by molar-refractivity contribution is -0.131. The van der Waals surface area contributed by atoms with Gasteiger partial charge < -0.3 is 20.6 Å². The summed E-state index contributed by atoms with van der Waals surface area (Å²) in [6.07, 6.45) is 45.0. The van der Waals surface area contributed by atoms with Crippen LogP contribution in [0, 0.1) is 0 Å². The number of amides is 1. The third kappa shape index (κ3) is 33.1. The third-order valence-electron chi connectivity index (χ3n) is 9.54. The van der Waals surface area contributed by atoms with Gasteiger partial charge in [-0.15, -0.1) is 0 Å². The predicted octanol–water partition coefficient (Wildman–Crippen LogP) is 11.4. The molecule has 0 rings (SSSR count). The molecular weight excluding hydrogens is 582 g/mol. The number of carbonyl (C=O) groups excluding carboxylic acids is 1. The molecule has 0 fully saturated rings. The Morgan fingerprint density at radius 3 is 1.30 bits per heavy atom. The van der Waals surface area contributed by atoms with Crippen LogP contribution in [0.3, 0.4) is 0 Å². The van der Waals surface area contributed by atoms with E-state index in [4.69, 9.17) is 0 Å². The van der Waals surface area contributed by atoms with Crippen LogP contribution in [-0.2, 0) is 4.79 Å². The van der Waals surface area contributed by atoms with Crippen LogP contribution in [-0.4, -0.2) is 46.1 Å². The normalized spacial score (nSPS) is 13.9. The lowest BCUT2D eigenvalue weighted by Crippen LogP contribution is -2.48. The number of nitrogens with one attached hydrogen (secondary N) is 1. The maximum Gasteiger partial charge on any atom is 0.249 e. The minimum atomic E-state index is -1.10. The summed E-state index contributed by atoms with van der Waals surface area (Å²) >= 11 is 0. The first-order valence-electron chi connectivity index (χ1n) is 20.7. The van der Waals surface area contributed by atoms with E-state index in [1.807, 2.05) is 6.08 Å². The monoisotopic (exact) mass is 664 g/mol. The highest BCUT2D eigenvalue weighted by atomic mass is 16.3. The van der Waals surface area contributed by atoms with Gasteiger partial charge >= 0.3 is 0 Å². The first-order chi connectivity index (χ1) is 23.1. The fraction of sp³-hybridized carbons (Fsp3) is 0.881. The smallest absolute Gasteiger partial charge is 0.249 e. The van der Waals surface area contributed by atoms with Crippen molar-refractivity contribution in [3.05, 3.63) is 24.3 Å². The molecule has 5 heteroatoms. The molecule has 47 heavy (non-hydrogen) atoms. The average molecular weight is 664 g/mol. The fourth-order valence-electron chi connectivity index (χ4n) is 6.26. The van der Waals surface area contributed by atoms with Crippen LogP contribution in [0.1, 0.15) is 213 Å². The summed E-state index contributed by atoms with van der Waals surface area (Å²) in [6.45, 7) is 4.14. The molecular formula is C42H81NO4. The maximum atomic E-state index is 12.4. The first kappa shape index (κ1) is 45.8. The Morgan fingerprint density at radius 1 is 0.511 bits per heavy atom. The lowest BCUT2D eigenvalue weighted by Gasteiger charge is -2.21. The van der Waals surface area contributed by atoms with E-state index < -0.39 is 24.2 Å². The van der Waals surface area contributed by atoms with E-state index in [0.29, 0.717) is 6.42 Å². The molecule has 0 bridgehead atoms. The summed E-state index contributed by atoms with van der Waals surface area (Å²) < 4.78 is 0. The van der Waals surface area contributed by atoms with Gasteiger partial charge in [-0.3, -0.25) is 4.79 Å². The van der Waals surface area contributed by atoms with E-state index in [1.165, 1.54) is 154 Å². The van der Waals surface area contributed by atoms with Gasteiger partial charge in [-0.2, -0.15) is 0 Å². The van der Waals surface area contributed by atoms with Gasteiger partial charge in [0, 0.05) is 0 Å². The zero-order valence-electron chi connectivity index (χ0n) is 31.4. The molecule has 0 saturated heterocycles. The number of aliphatic hydroxyl groups is 3. The number of aliphatic hydroxyl groups excluding tert-OH is 3. The predicted molar refractivity (Wildman–Crippen MR) is 204 cm³/mol. The van der Waals surface area contributed by atoms with Gasteiger partial charge in [0.1, 0.15) is 6.10 Å². The lowest BCUT2D eigenvalue weighted by atomic mass is 10.0. The Balaban J connectivity index is 3.63. The van der Waals surface area contributed by atoms with Gasteiger partial charge in [0.2, 0.25) is 5.91 Å².